The maximum atomic E-state index is 13.3. The van der Waals surface area contributed by atoms with E-state index >= 15 is 0 Å². The number of benzene rings is 3. The third-order valence-corrected chi connectivity index (χ3v) is 6.85. The Hall–Kier alpha value is -2.54. The SMILES string of the molecule is Cc1ccc(N(CC(=O)NCc2ccccc2Cl)S(=O)(=O)c2ccc(Cl)cc2)cc1. The number of hydrogen-bond donors (Lipinski definition) is 1. The number of nitrogens with one attached hydrogen (secondary N) is 1. The molecule has 0 aliphatic carbocycles. The summed E-state index contributed by atoms with van der Waals surface area (Å²) >= 11 is 12.0. The van der Waals surface area contributed by atoms with E-state index in [0.29, 0.717) is 15.7 Å². The van der Waals surface area contributed by atoms with Crippen molar-refractivity contribution in [2.45, 2.75) is 18.4 Å². The normalized spacial score (nSPS) is 11.2. The van der Waals surface area contributed by atoms with Crippen LogP contribution >= 0.6 is 23.2 Å². The van der Waals surface area contributed by atoms with Crippen molar-refractivity contribution in [3.8, 4) is 0 Å². The lowest BCUT2D eigenvalue weighted by Crippen LogP contribution is -2.40. The molecule has 0 spiro atoms. The van der Waals surface area contributed by atoms with E-state index < -0.39 is 15.9 Å². The van der Waals surface area contributed by atoms with Gasteiger partial charge in [-0.2, -0.15) is 0 Å². The average molecular weight is 463 g/mol. The Morgan fingerprint density at radius 1 is 0.933 bits per heavy atom. The van der Waals surface area contributed by atoms with Crippen molar-refractivity contribution in [1.82, 2.24) is 5.32 Å². The number of carbonyl (C=O) groups is 1. The molecule has 3 rings (SSSR count). The van der Waals surface area contributed by atoms with Crippen molar-refractivity contribution in [2.24, 2.45) is 0 Å². The van der Waals surface area contributed by atoms with E-state index in [0.717, 1.165) is 15.4 Å². The molecule has 3 aromatic rings. The van der Waals surface area contributed by atoms with E-state index in [1.807, 2.05) is 13.0 Å². The molecular formula is C22H20Cl2N2O3S. The molecule has 0 bridgehead atoms. The summed E-state index contributed by atoms with van der Waals surface area (Å²) in [7, 11) is -3.98. The van der Waals surface area contributed by atoms with Crippen LogP contribution in [0.15, 0.2) is 77.7 Å². The molecule has 3 aromatic carbocycles. The topological polar surface area (TPSA) is 66.5 Å². The van der Waals surface area contributed by atoms with Gasteiger partial charge in [0.25, 0.3) is 10.0 Å². The van der Waals surface area contributed by atoms with Crippen molar-refractivity contribution in [3.05, 3.63) is 94.0 Å². The fourth-order valence-corrected chi connectivity index (χ4v) is 4.53. The van der Waals surface area contributed by atoms with Gasteiger partial charge in [0.2, 0.25) is 5.91 Å². The van der Waals surface area contributed by atoms with Crippen molar-refractivity contribution in [2.75, 3.05) is 10.8 Å². The Kier molecular flexibility index (Phi) is 7.02. The summed E-state index contributed by atoms with van der Waals surface area (Å²) in [5.41, 5.74) is 2.11. The van der Waals surface area contributed by atoms with Crippen LogP contribution < -0.4 is 9.62 Å². The maximum absolute atomic E-state index is 13.3. The van der Waals surface area contributed by atoms with E-state index in [9.17, 15) is 13.2 Å². The summed E-state index contributed by atoms with van der Waals surface area (Å²) in [6.07, 6.45) is 0. The molecule has 30 heavy (non-hydrogen) atoms. The number of amides is 1. The van der Waals surface area contributed by atoms with E-state index in [4.69, 9.17) is 23.2 Å². The first-order valence-corrected chi connectivity index (χ1v) is 11.3. The maximum Gasteiger partial charge on any atom is 0.264 e. The Morgan fingerprint density at radius 2 is 1.57 bits per heavy atom. The zero-order valence-corrected chi connectivity index (χ0v) is 18.5. The molecule has 0 aliphatic heterocycles. The first-order chi connectivity index (χ1) is 14.3. The second kappa shape index (κ2) is 9.51. The monoisotopic (exact) mass is 462 g/mol. The van der Waals surface area contributed by atoms with E-state index in [1.54, 1.807) is 42.5 Å². The molecular weight excluding hydrogens is 443 g/mol. The Balaban J connectivity index is 1.86. The van der Waals surface area contributed by atoms with Crippen molar-refractivity contribution in [3.63, 3.8) is 0 Å². The van der Waals surface area contributed by atoms with Gasteiger partial charge in [-0.3, -0.25) is 9.10 Å². The predicted molar refractivity (Wildman–Crippen MR) is 120 cm³/mol. The van der Waals surface area contributed by atoms with Crippen LogP contribution in [0.5, 0.6) is 0 Å². The Labute approximate surface area is 186 Å². The van der Waals surface area contributed by atoms with E-state index in [1.165, 1.54) is 24.3 Å². The van der Waals surface area contributed by atoms with Crippen LogP contribution in [0.3, 0.4) is 0 Å². The van der Waals surface area contributed by atoms with Gasteiger partial charge in [-0.15, -0.1) is 0 Å². The Morgan fingerprint density at radius 3 is 2.20 bits per heavy atom. The number of rotatable bonds is 7. The van der Waals surface area contributed by atoms with Crippen LogP contribution in [-0.2, 0) is 21.4 Å². The molecule has 0 heterocycles. The summed E-state index contributed by atoms with van der Waals surface area (Å²) in [6.45, 7) is 1.72. The number of aryl methyl sites for hydroxylation is 1. The van der Waals surface area contributed by atoms with Crippen LogP contribution in [0, 0.1) is 6.92 Å². The molecule has 1 amide bonds. The van der Waals surface area contributed by atoms with Crippen LogP contribution in [0.4, 0.5) is 5.69 Å². The fourth-order valence-electron chi connectivity index (χ4n) is 2.78. The van der Waals surface area contributed by atoms with Gasteiger partial charge < -0.3 is 5.32 Å². The fraction of sp³-hybridized carbons (Fsp3) is 0.136. The minimum Gasteiger partial charge on any atom is -0.350 e. The smallest absolute Gasteiger partial charge is 0.264 e. The molecule has 156 valence electrons. The molecule has 1 N–H and O–H groups in total. The molecule has 0 saturated heterocycles. The quantitative estimate of drug-likeness (QED) is 0.547. The number of anilines is 1. The van der Waals surface area contributed by atoms with E-state index in [-0.39, 0.29) is 18.0 Å². The molecule has 5 nitrogen and oxygen atoms in total. The van der Waals surface area contributed by atoms with Gasteiger partial charge in [-0.05, 0) is 55.0 Å². The van der Waals surface area contributed by atoms with Crippen molar-refractivity contribution in [1.29, 1.82) is 0 Å². The zero-order valence-electron chi connectivity index (χ0n) is 16.2. The number of sulfonamides is 1. The highest BCUT2D eigenvalue weighted by Crippen LogP contribution is 2.25. The second-order valence-electron chi connectivity index (χ2n) is 6.67. The molecule has 0 aromatic heterocycles. The average Bonchev–Trinajstić information content (AvgIpc) is 2.72. The minimum atomic E-state index is -3.98. The molecule has 0 atom stereocenters. The van der Waals surface area contributed by atoms with Crippen LogP contribution in [0.2, 0.25) is 10.0 Å². The number of halogens is 2. The number of carbonyl (C=O) groups excluding carboxylic acids is 1. The summed E-state index contributed by atoms with van der Waals surface area (Å²) in [5, 5.41) is 3.69. The van der Waals surface area contributed by atoms with Gasteiger partial charge >= 0.3 is 0 Å². The van der Waals surface area contributed by atoms with Gasteiger partial charge in [0.1, 0.15) is 6.54 Å². The lowest BCUT2D eigenvalue weighted by atomic mass is 10.2. The van der Waals surface area contributed by atoms with Gasteiger partial charge in [0.05, 0.1) is 10.6 Å². The Bertz CT molecular complexity index is 1130. The van der Waals surface area contributed by atoms with Gasteiger partial charge in [-0.1, -0.05) is 59.1 Å². The molecule has 0 saturated carbocycles. The molecule has 8 heteroatoms. The first kappa shape index (κ1) is 22.2. The molecule has 0 unspecified atom stereocenters. The number of hydrogen-bond acceptors (Lipinski definition) is 3. The molecule has 0 radical (unpaired) electrons. The summed E-state index contributed by atoms with van der Waals surface area (Å²) < 4.78 is 27.6. The van der Waals surface area contributed by atoms with Gasteiger partial charge in [0, 0.05) is 16.6 Å². The van der Waals surface area contributed by atoms with Gasteiger partial charge in [0.15, 0.2) is 0 Å². The third kappa shape index (κ3) is 5.33. The highest BCUT2D eigenvalue weighted by atomic mass is 35.5. The van der Waals surface area contributed by atoms with Crippen molar-refractivity contribution >= 4 is 44.8 Å². The molecule has 0 fully saturated rings. The summed E-state index contributed by atoms with van der Waals surface area (Å²) in [4.78, 5) is 12.7. The highest BCUT2D eigenvalue weighted by molar-refractivity contribution is 7.92. The first-order valence-electron chi connectivity index (χ1n) is 9.12. The summed E-state index contributed by atoms with van der Waals surface area (Å²) in [6, 6.07) is 19.9. The highest BCUT2D eigenvalue weighted by Gasteiger charge is 2.27. The van der Waals surface area contributed by atoms with E-state index in [2.05, 4.69) is 5.32 Å². The predicted octanol–water partition coefficient (Wildman–Crippen LogP) is 4.81. The van der Waals surface area contributed by atoms with Crippen LogP contribution in [-0.4, -0.2) is 20.9 Å². The standard InChI is InChI=1S/C22H20Cl2N2O3S/c1-16-6-10-19(11-7-16)26(30(28,29)20-12-8-18(23)9-13-20)15-22(27)25-14-17-4-2-3-5-21(17)24/h2-13H,14-15H2,1H3,(H,25,27). The lowest BCUT2D eigenvalue weighted by Gasteiger charge is -2.24. The van der Waals surface area contributed by atoms with Crippen molar-refractivity contribution < 1.29 is 13.2 Å². The van der Waals surface area contributed by atoms with Gasteiger partial charge in [-0.25, -0.2) is 8.42 Å². The molecule has 0 aliphatic rings. The third-order valence-electron chi connectivity index (χ3n) is 4.44. The van der Waals surface area contributed by atoms with Crippen LogP contribution in [0.25, 0.3) is 0 Å². The number of nitrogens with zero attached hydrogens (tertiary/aromatic N) is 1. The van der Waals surface area contributed by atoms with Crippen LogP contribution in [0.1, 0.15) is 11.1 Å². The summed E-state index contributed by atoms with van der Waals surface area (Å²) in [5.74, 6) is -0.451. The largest absolute Gasteiger partial charge is 0.350 e. The second-order valence-corrected chi connectivity index (χ2v) is 9.38. The lowest BCUT2D eigenvalue weighted by molar-refractivity contribution is -0.119. The zero-order chi connectivity index (χ0) is 21.7. The minimum absolute atomic E-state index is 0.0476.